The first kappa shape index (κ1) is 20.4. The third kappa shape index (κ3) is 3.74. The van der Waals surface area contributed by atoms with Crippen LogP contribution in [0.25, 0.3) is 0 Å². The van der Waals surface area contributed by atoms with Crippen molar-refractivity contribution in [1.82, 2.24) is 0 Å². The summed E-state index contributed by atoms with van der Waals surface area (Å²) in [5.74, 6) is 1.26. The number of carbonyl (C=O) groups is 1. The highest BCUT2D eigenvalue weighted by Crippen LogP contribution is 2.67. The van der Waals surface area contributed by atoms with Crippen LogP contribution >= 0.6 is 19.3 Å². The van der Waals surface area contributed by atoms with Crippen LogP contribution in [0.5, 0.6) is 5.75 Å². The lowest BCUT2D eigenvalue weighted by atomic mass is 9.53. The molecule has 1 aromatic carbocycles. The van der Waals surface area contributed by atoms with Crippen LogP contribution in [-0.4, -0.2) is 41.7 Å². The summed E-state index contributed by atoms with van der Waals surface area (Å²) >= 11 is 1.04. The molecule has 5 nitrogen and oxygen atoms in total. The van der Waals surface area contributed by atoms with Crippen LogP contribution in [0.2, 0.25) is 0 Å². The Morgan fingerprint density at radius 1 is 1.47 bits per heavy atom. The third-order valence-corrected chi connectivity index (χ3v) is 8.98. The van der Waals surface area contributed by atoms with Gasteiger partial charge in [-0.2, -0.15) is 0 Å². The fourth-order valence-electron chi connectivity index (χ4n) is 6.96. The van der Waals surface area contributed by atoms with E-state index >= 15 is 0 Å². The van der Waals surface area contributed by atoms with E-state index in [1.54, 1.807) is 0 Å². The smallest absolute Gasteiger partial charge is 0.302 e. The molecule has 1 aliphatic heterocycles. The largest absolute Gasteiger partial charge is 0.462 e. The molecule has 1 saturated heterocycles. The zero-order chi connectivity index (χ0) is 23.9. The molecule has 0 amide bonds. The highest BCUT2D eigenvalue weighted by Gasteiger charge is 2.65. The molecule has 5 unspecified atom stereocenters. The maximum atomic E-state index is 11.5. The van der Waals surface area contributed by atoms with Gasteiger partial charge in [0.15, 0.2) is 5.79 Å². The van der Waals surface area contributed by atoms with Gasteiger partial charge in [0.05, 0.1) is 26.2 Å². The first-order valence-electron chi connectivity index (χ1n) is 12.5. The van der Waals surface area contributed by atoms with Crippen molar-refractivity contribution < 1.29 is 23.2 Å². The highest BCUT2D eigenvalue weighted by atomic mass is 32.7. The Balaban J connectivity index is 1.48. The van der Waals surface area contributed by atoms with Crippen LogP contribution in [-0.2, 0) is 25.4 Å². The van der Waals surface area contributed by atoms with Gasteiger partial charge in [0.2, 0.25) is 0 Å². The second kappa shape index (κ2) is 8.98. The van der Waals surface area contributed by atoms with Crippen LogP contribution in [0, 0.1) is 17.3 Å². The van der Waals surface area contributed by atoms with Crippen molar-refractivity contribution >= 4 is 32.8 Å². The molecule has 5 atom stereocenters. The predicted octanol–water partition coefficient (Wildman–Crippen LogP) is 4.82. The van der Waals surface area contributed by atoms with Crippen molar-refractivity contribution in [3.63, 3.8) is 0 Å². The van der Waals surface area contributed by atoms with Crippen LogP contribution in [0.4, 0.5) is 0 Å². The molecule has 1 heterocycles. The second-order valence-electron chi connectivity index (χ2n) is 9.57. The normalized spacial score (nSPS) is 35.3. The molecule has 0 N–H and O–H groups in total. The van der Waals surface area contributed by atoms with E-state index in [4.69, 9.17) is 21.0 Å². The summed E-state index contributed by atoms with van der Waals surface area (Å²) in [7, 11) is -0.234. The molecule has 2 saturated carbocycles. The van der Waals surface area contributed by atoms with Gasteiger partial charge in [-0.15, -0.1) is 0 Å². The summed E-state index contributed by atoms with van der Waals surface area (Å²) in [6.07, 6.45) is 7.11. The van der Waals surface area contributed by atoms with Crippen LogP contribution in [0.15, 0.2) is 29.8 Å². The van der Waals surface area contributed by atoms with E-state index in [1.165, 1.54) is 23.6 Å². The zero-order valence-electron chi connectivity index (χ0n) is 20.7. The number of esters is 1. The van der Waals surface area contributed by atoms with Gasteiger partial charge < -0.3 is 18.4 Å². The molecule has 32 heavy (non-hydrogen) atoms. The van der Waals surface area contributed by atoms with Crippen molar-refractivity contribution in [2.75, 3.05) is 19.8 Å². The Hall–Kier alpha value is -1.01. The van der Waals surface area contributed by atoms with Gasteiger partial charge in [-0.25, -0.2) is 0 Å². The quantitative estimate of drug-likeness (QED) is 0.193. The first-order valence-corrected chi connectivity index (χ1v) is 13.8. The second-order valence-corrected chi connectivity index (χ2v) is 11.2. The molecule has 1 radical (unpaired) electrons. The third-order valence-electron chi connectivity index (χ3n) is 8.15. The van der Waals surface area contributed by atoms with Gasteiger partial charge in [-0.3, -0.25) is 4.79 Å². The summed E-state index contributed by atoms with van der Waals surface area (Å²) in [6, 6.07) is 6.26. The molecule has 4 aliphatic rings. The van der Waals surface area contributed by atoms with E-state index in [0.29, 0.717) is 25.0 Å². The molecule has 0 aromatic heterocycles. The van der Waals surface area contributed by atoms with Crippen molar-refractivity contribution in [2.24, 2.45) is 17.3 Å². The van der Waals surface area contributed by atoms with E-state index in [1.807, 2.05) is 6.07 Å². The number of aryl methyl sites for hydroxylation is 1. The Bertz CT molecular complexity index is 975. The minimum atomic E-state index is -1.35. The summed E-state index contributed by atoms with van der Waals surface area (Å²) in [4.78, 5) is 11.5. The number of benzene rings is 1. The fraction of sp³-hybridized carbons (Fsp3) is 0.625. The van der Waals surface area contributed by atoms with E-state index in [2.05, 4.69) is 25.1 Å². The van der Waals surface area contributed by atoms with Crippen LogP contribution < -0.4 is 4.18 Å². The SMILES string of the molecule is [2H]P([B][3H])SOc1ccc2c(c1)CCC1C2/C(=C/COC(C)=O)CC2(C)C1CCC21OCCO1. The maximum Gasteiger partial charge on any atom is 0.302 e. The monoisotopic (exact) mass is 476 g/mol. The average molecular weight is 476 g/mol. The highest BCUT2D eigenvalue weighted by molar-refractivity contribution is 8.53. The van der Waals surface area contributed by atoms with Crippen molar-refractivity contribution in [2.45, 2.75) is 57.7 Å². The number of carbonyl (C=O) groups excluding carboxylic acids is 1. The number of rotatable bonds is 6. The van der Waals surface area contributed by atoms with Crippen LogP contribution in [0.3, 0.4) is 0 Å². The van der Waals surface area contributed by atoms with Crippen molar-refractivity contribution in [3.05, 3.63) is 41.0 Å². The zero-order valence-corrected chi connectivity index (χ0v) is 20.4. The standard InChI is InChI=1S/C24H31BO5PS/c1-15(26)27-10-8-17-14-23(2)21(7-9-24(23)28-11-12-29-24)20-5-3-16-13-18(30-32-31-25)4-6-19(16)22(17)20/h4,6,8,13,20-22,25,31H,3,5,7,9-12,14H2,1-2H3/b17-8+/i25T,31D. The Labute approximate surface area is 200 Å². The Morgan fingerprint density at radius 3 is 3.09 bits per heavy atom. The van der Waals surface area contributed by atoms with Crippen molar-refractivity contribution in [1.29, 1.82) is 2.61 Å². The number of hydrogen-bond donors (Lipinski definition) is 0. The van der Waals surface area contributed by atoms with Gasteiger partial charge in [-0.1, -0.05) is 26.2 Å². The minimum absolute atomic E-state index is 0.0953. The van der Waals surface area contributed by atoms with Crippen molar-refractivity contribution in [3.8, 4) is 5.75 Å². The molecule has 3 aliphatic carbocycles. The summed E-state index contributed by atoms with van der Waals surface area (Å²) in [5, 5.41) is 0. The molecule has 1 spiro atoms. The summed E-state index contributed by atoms with van der Waals surface area (Å²) in [6.45, 7) is 5.39. The van der Waals surface area contributed by atoms with Gasteiger partial charge in [0, 0.05) is 24.7 Å². The molecular weight excluding hydrogens is 442 g/mol. The number of hydrogen-bond acceptors (Lipinski definition) is 6. The molecule has 8 heteroatoms. The lowest BCUT2D eigenvalue weighted by Gasteiger charge is -2.54. The van der Waals surface area contributed by atoms with E-state index < -0.39 is 13.4 Å². The lowest BCUT2D eigenvalue weighted by molar-refractivity contribution is -0.232. The lowest BCUT2D eigenvalue weighted by Crippen LogP contribution is -2.52. The molecule has 5 rings (SSSR count). The minimum Gasteiger partial charge on any atom is -0.462 e. The van der Waals surface area contributed by atoms with E-state index in [-0.39, 0.29) is 23.9 Å². The van der Waals surface area contributed by atoms with Gasteiger partial charge in [-0.05, 0) is 68.2 Å². The van der Waals surface area contributed by atoms with Crippen LogP contribution in [0.1, 0.15) is 56.6 Å². The number of ether oxygens (including phenoxy) is 3. The predicted molar refractivity (Wildman–Crippen MR) is 129 cm³/mol. The van der Waals surface area contributed by atoms with E-state index in [0.717, 1.165) is 57.0 Å². The summed E-state index contributed by atoms with van der Waals surface area (Å²) in [5.41, 5.74) is 3.83. The topological polar surface area (TPSA) is 54.0 Å². The maximum absolute atomic E-state index is 11.5. The molecule has 3 fully saturated rings. The van der Waals surface area contributed by atoms with Gasteiger partial charge >= 0.3 is 5.97 Å². The molecular formula is C24H31BO5PS. The molecule has 0 bridgehead atoms. The molecule has 1 aromatic rings. The number of fused-ring (bicyclic) bond motifs is 6. The molecule has 171 valence electrons. The average Bonchev–Trinajstić information content (AvgIpc) is 3.42. The summed E-state index contributed by atoms with van der Waals surface area (Å²) < 4.78 is 38.6. The Kier molecular flexibility index (Phi) is 5.72. The first-order chi connectivity index (χ1) is 16.4. The number of allylic oxidation sites excluding steroid dienone is 1. The Morgan fingerprint density at radius 2 is 2.31 bits per heavy atom. The van der Waals surface area contributed by atoms with Gasteiger partial charge in [0.25, 0.3) is 0 Å². The van der Waals surface area contributed by atoms with Gasteiger partial charge in [0.1, 0.15) is 19.9 Å². The van der Waals surface area contributed by atoms with E-state index in [9.17, 15) is 4.79 Å². The fourth-order valence-corrected chi connectivity index (χ4v) is 7.58.